The van der Waals surface area contributed by atoms with E-state index in [1.165, 1.54) is 12.8 Å². The molecule has 2 atom stereocenters. The Hall–Kier alpha value is -1.47. The second kappa shape index (κ2) is 6.97. The summed E-state index contributed by atoms with van der Waals surface area (Å²) in [6.45, 7) is 7.30. The molecule has 0 bridgehead atoms. The number of H-pyrrole nitrogens is 1. The Morgan fingerprint density at radius 1 is 1.39 bits per heavy atom. The summed E-state index contributed by atoms with van der Waals surface area (Å²) in [6, 6.07) is -0.0823. The average Bonchev–Trinajstić information content (AvgIpc) is 3.15. The summed E-state index contributed by atoms with van der Waals surface area (Å²) in [6.07, 6.45) is 3.18. The van der Waals surface area contributed by atoms with E-state index in [0.29, 0.717) is 18.9 Å². The average molecular weight is 321 g/mol. The quantitative estimate of drug-likeness (QED) is 0.900. The molecule has 7 nitrogen and oxygen atoms in total. The summed E-state index contributed by atoms with van der Waals surface area (Å²) >= 11 is 0. The van der Waals surface area contributed by atoms with Crippen LogP contribution in [0.2, 0.25) is 0 Å². The van der Waals surface area contributed by atoms with E-state index in [2.05, 4.69) is 27.0 Å². The minimum absolute atomic E-state index is 0.0594. The van der Waals surface area contributed by atoms with Crippen LogP contribution in [0.5, 0.6) is 0 Å². The molecule has 1 aromatic heterocycles. The molecule has 2 aliphatic rings. The van der Waals surface area contributed by atoms with Crippen LogP contribution in [0.15, 0.2) is 0 Å². The second-order valence-electron chi connectivity index (χ2n) is 6.89. The molecule has 0 unspecified atom stereocenters. The van der Waals surface area contributed by atoms with Gasteiger partial charge in [0.2, 0.25) is 5.91 Å². The van der Waals surface area contributed by atoms with Crippen molar-refractivity contribution in [1.82, 2.24) is 25.0 Å². The lowest BCUT2D eigenvalue weighted by Gasteiger charge is -2.32. The maximum atomic E-state index is 12.8. The van der Waals surface area contributed by atoms with Crippen molar-refractivity contribution in [3.8, 4) is 0 Å². The Balaban J connectivity index is 1.66. The van der Waals surface area contributed by atoms with Crippen molar-refractivity contribution in [2.75, 3.05) is 33.3 Å². The largest absolute Gasteiger partial charge is 0.380 e. The van der Waals surface area contributed by atoms with Gasteiger partial charge in [-0.05, 0) is 38.8 Å². The molecule has 3 rings (SSSR count). The SMILES string of the molecule is CO[C@@H]1C[C@@H](c2n[nH]c(C)n2)N(C(=O)CN2CCC(C)CC2)C1. The van der Waals surface area contributed by atoms with Gasteiger partial charge in [-0.3, -0.25) is 14.8 Å². The lowest BCUT2D eigenvalue weighted by molar-refractivity contribution is -0.134. The Kier molecular flexibility index (Phi) is 4.96. The number of aromatic nitrogens is 3. The molecule has 7 heteroatoms. The fraction of sp³-hybridized carbons (Fsp3) is 0.812. The molecule has 2 aliphatic heterocycles. The number of nitrogens with zero attached hydrogens (tertiary/aromatic N) is 4. The van der Waals surface area contributed by atoms with E-state index in [4.69, 9.17) is 4.74 Å². The predicted molar refractivity (Wildman–Crippen MR) is 85.8 cm³/mol. The Morgan fingerprint density at radius 3 is 2.74 bits per heavy atom. The first-order valence-corrected chi connectivity index (χ1v) is 8.50. The number of aromatic amines is 1. The molecule has 128 valence electrons. The third-order valence-electron chi connectivity index (χ3n) is 5.06. The van der Waals surface area contributed by atoms with Gasteiger partial charge in [0, 0.05) is 20.1 Å². The van der Waals surface area contributed by atoms with Crippen LogP contribution in [-0.2, 0) is 9.53 Å². The predicted octanol–water partition coefficient (Wildman–Crippen LogP) is 1.13. The standard InChI is InChI=1S/C16H27N5O2/c1-11-4-6-20(7-5-11)10-15(22)21-9-13(23-3)8-14(21)16-17-12(2)18-19-16/h11,13-14H,4-10H2,1-3H3,(H,17,18,19)/t13-,14+/m1/s1. The first kappa shape index (κ1) is 16.4. The summed E-state index contributed by atoms with van der Waals surface area (Å²) in [5.41, 5.74) is 0. The van der Waals surface area contributed by atoms with Gasteiger partial charge in [0.05, 0.1) is 18.7 Å². The lowest BCUT2D eigenvalue weighted by atomic mass is 9.99. The molecular weight excluding hydrogens is 294 g/mol. The van der Waals surface area contributed by atoms with Crippen molar-refractivity contribution in [2.24, 2.45) is 5.92 Å². The van der Waals surface area contributed by atoms with Gasteiger partial charge in [0.25, 0.3) is 0 Å². The number of hydrogen-bond acceptors (Lipinski definition) is 5. The van der Waals surface area contributed by atoms with Gasteiger partial charge in [0.15, 0.2) is 5.82 Å². The van der Waals surface area contributed by atoms with Gasteiger partial charge in [0.1, 0.15) is 5.82 Å². The maximum Gasteiger partial charge on any atom is 0.237 e. The Morgan fingerprint density at radius 2 is 2.13 bits per heavy atom. The number of methoxy groups -OCH3 is 1. The molecule has 3 heterocycles. The van der Waals surface area contributed by atoms with E-state index in [-0.39, 0.29) is 18.1 Å². The number of rotatable bonds is 4. The minimum atomic E-state index is -0.0823. The van der Waals surface area contributed by atoms with Gasteiger partial charge in [-0.2, -0.15) is 5.10 Å². The number of likely N-dealkylation sites (tertiary alicyclic amines) is 2. The molecule has 0 aromatic carbocycles. The molecule has 2 saturated heterocycles. The zero-order valence-corrected chi connectivity index (χ0v) is 14.3. The number of hydrogen-bond donors (Lipinski definition) is 1. The molecule has 0 aliphatic carbocycles. The van der Waals surface area contributed by atoms with Crippen molar-refractivity contribution in [3.63, 3.8) is 0 Å². The summed E-state index contributed by atoms with van der Waals surface area (Å²) in [5.74, 6) is 2.41. The molecule has 1 N–H and O–H groups in total. The van der Waals surface area contributed by atoms with E-state index in [1.54, 1.807) is 7.11 Å². The van der Waals surface area contributed by atoms with Crippen LogP contribution in [-0.4, -0.2) is 70.3 Å². The highest BCUT2D eigenvalue weighted by molar-refractivity contribution is 5.79. The first-order chi connectivity index (χ1) is 11.1. The molecule has 0 radical (unpaired) electrons. The number of amides is 1. The van der Waals surface area contributed by atoms with Gasteiger partial charge in [-0.1, -0.05) is 6.92 Å². The second-order valence-corrected chi connectivity index (χ2v) is 6.89. The van der Waals surface area contributed by atoms with Crippen LogP contribution < -0.4 is 0 Å². The zero-order valence-electron chi connectivity index (χ0n) is 14.3. The van der Waals surface area contributed by atoms with Gasteiger partial charge in [-0.15, -0.1) is 0 Å². The monoisotopic (exact) mass is 321 g/mol. The van der Waals surface area contributed by atoms with Crippen LogP contribution >= 0.6 is 0 Å². The normalized spacial score (nSPS) is 26.8. The number of nitrogens with one attached hydrogen (secondary N) is 1. The number of piperidine rings is 1. The molecular formula is C16H27N5O2. The van der Waals surface area contributed by atoms with Crippen molar-refractivity contribution in [2.45, 2.75) is 45.3 Å². The number of ether oxygens (including phenoxy) is 1. The molecule has 23 heavy (non-hydrogen) atoms. The van der Waals surface area contributed by atoms with E-state index in [0.717, 1.165) is 31.3 Å². The third-order valence-corrected chi connectivity index (χ3v) is 5.06. The van der Waals surface area contributed by atoms with Gasteiger partial charge >= 0.3 is 0 Å². The summed E-state index contributed by atoms with van der Waals surface area (Å²) < 4.78 is 5.48. The van der Waals surface area contributed by atoms with Crippen molar-refractivity contribution >= 4 is 5.91 Å². The van der Waals surface area contributed by atoms with Gasteiger partial charge in [-0.25, -0.2) is 4.98 Å². The van der Waals surface area contributed by atoms with Crippen LogP contribution in [0.1, 0.15) is 43.9 Å². The number of carbonyl (C=O) groups excluding carboxylic acids is 1. The highest BCUT2D eigenvalue weighted by Gasteiger charge is 2.38. The molecule has 1 amide bonds. The van der Waals surface area contributed by atoms with E-state index < -0.39 is 0 Å². The van der Waals surface area contributed by atoms with Crippen LogP contribution in [0.3, 0.4) is 0 Å². The Labute approximate surface area is 137 Å². The topological polar surface area (TPSA) is 74.3 Å². The summed E-state index contributed by atoms with van der Waals surface area (Å²) in [5, 5.41) is 7.13. The van der Waals surface area contributed by atoms with Crippen LogP contribution in [0.25, 0.3) is 0 Å². The van der Waals surface area contributed by atoms with Crippen LogP contribution in [0, 0.1) is 12.8 Å². The zero-order chi connectivity index (χ0) is 16.4. The fourth-order valence-electron chi connectivity index (χ4n) is 3.50. The Bertz CT molecular complexity index is 538. The van der Waals surface area contributed by atoms with Crippen molar-refractivity contribution < 1.29 is 9.53 Å². The minimum Gasteiger partial charge on any atom is -0.380 e. The van der Waals surface area contributed by atoms with Crippen molar-refractivity contribution in [1.29, 1.82) is 0 Å². The first-order valence-electron chi connectivity index (χ1n) is 8.50. The third kappa shape index (κ3) is 3.72. The molecule has 1 aromatic rings. The van der Waals surface area contributed by atoms with E-state index in [1.807, 2.05) is 11.8 Å². The van der Waals surface area contributed by atoms with E-state index in [9.17, 15) is 4.79 Å². The molecule has 0 saturated carbocycles. The summed E-state index contributed by atoms with van der Waals surface area (Å²) in [4.78, 5) is 21.4. The smallest absolute Gasteiger partial charge is 0.237 e. The van der Waals surface area contributed by atoms with Gasteiger partial charge < -0.3 is 9.64 Å². The highest BCUT2D eigenvalue weighted by atomic mass is 16.5. The molecule has 2 fully saturated rings. The van der Waals surface area contributed by atoms with Crippen LogP contribution in [0.4, 0.5) is 0 Å². The molecule has 0 spiro atoms. The van der Waals surface area contributed by atoms with E-state index >= 15 is 0 Å². The highest BCUT2D eigenvalue weighted by Crippen LogP contribution is 2.31. The number of aryl methyl sites for hydroxylation is 1. The van der Waals surface area contributed by atoms with Crippen molar-refractivity contribution in [3.05, 3.63) is 11.6 Å². The fourth-order valence-corrected chi connectivity index (χ4v) is 3.50. The lowest BCUT2D eigenvalue weighted by Crippen LogP contribution is -2.43. The summed E-state index contributed by atoms with van der Waals surface area (Å²) in [7, 11) is 1.70. The maximum absolute atomic E-state index is 12.8. The number of carbonyl (C=O) groups is 1.